The van der Waals surface area contributed by atoms with E-state index >= 15 is 0 Å². The summed E-state index contributed by atoms with van der Waals surface area (Å²) >= 11 is 0. The van der Waals surface area contributed by atoms with Gasteiger partial charge in [0.05, 0.1) is 23.9 Å². The summed E-state index contributed by atoms with van der Waals surface area (Å²) < 4.78 is 10.9. The zero-order valence-corrected chi connectivity index (χ0v) is 16.3. The van der Waals surface area contributed by atoms with Gasteiger partial charge in [0.2, 0.25) is 0 Å². The van der Waals surface area contributed by atoms with Crippen molar-refractivity contribution in [1.82, 2.24) is 4.98 Å². The lowest BCUT2D eigenvalue weighted by Crippen LogP contribution is -2.03. The number of allylic oxidation sites excluding steroid dienone is 3. The van der Waals surface area contributed by atoms with E-state index in [0.717, 1.165) is 22.3 Å². The van der Waals surface area contributed by atoms with Crippen molar-refractivity contribution in [3.63, 3.8) is 0 Å². The Morgan fingerprint density at radius 2 is 1.97 bits per heavy atom. The van der Waals surface area contributed by atoms with E-state index in [2.05, 4.69) is 23.0 Å². The van der Waals surface area contributed by atoms with Gasteiger partial charge in [-0.2, -0.15) is 10.5 Å². The van der Waals surface area contributed by atoms with Gasteiger partial charge in [-0.05, 0) is 54.3 Å². The molecular weight excluding hydrogens is 364 g/mol. The molecule has 0 spiro atoms. The van der Waals surface area contributed by atoms with Crippen LogP contribution >= 0.6 is 0 Å². The summed E-state index contributed by atoms with van der Waals surface area (Å²) in [7, 11) is 1.55. The largest absolute Gasteiger partial charge is 0.493 e. The van der Waals surface area contributed by atoms with Crippen LogP contribution in [0.4, 0.5) is 5.82 Å². The van der Waals surface area contributed by atoms with E-state index in [-0.39, 0.29) is 12.4 Å². The third-order valence-electron chi connectivity index (χ3n) is 4.79. The summed E-state index contributed by atoms with van der Waals surface area (Å²) in [6.45, 7) is 3.81. The average Bonchev–Trinajstić information content (AvgIpc) is 2.97. The summed E-state index contributed by atoms with van der Waals surface area (Å²) in [4.78, 5) is 4.33. The third-order valence-corrected chi connectivity index (χ3v) is 4.79. The maximum absolute atomic E-state index is 9.64. The number of nitriles is 2. The molecule has 3 rings (SSSR count). The molecule has 0 atom stereocenters. The van der Waals surface area contributed by atoms with E-state index in [1.54, 1.807) is 13.2 Å². The van der Waals surface area contributed by atoms with Gasteiger partial charge in [-0.15, -0.1) is 6.42 Å². The molecule has 0 fully saturated rings. The minimum absolute atomic E-state index is 0.127. The third kappa shape index (κ3) is 3.27. The highest BCUT2D eigenvalue weighted by Gasteiger charge is 2.29. The fraction of sp³-hybridized carbons (Fsp3) is 0.174. The van der Waals surface area contributed by atoms with Crippen molar-refractivity contribution in [2.45, 2.75) is 13.8 Å². The average molecular weight is 382 g/mol. The van der Waals surface area contributed by atoms with Crippen LogP contribution < -0.4 is 15.2 Å². The second-order valence-electron chi connectivity index (χ2n) is 6.41. The van der Waals surface area contributed by atoms with E-state index < -0.39 is 0 Å². The summed E-state index contributed by atoms with van der Waals surface area (Å²) in [6.07, 6.45) is 7.18. The highest BCUT2D eigenvalue weighted by molar-refractivity contribution is 6.08. The normalized spacial score (nSPS) is 13.4. The first kappa shape index (κ1) is 19.5. The topological polar surface area (TPSA) is 105 Å². The Hall–Kier alpha value is -4.21. The number of benzene rings is 1. The van der Waals surface area contributed by atoms with Gasteiger partial charge in [-0.25, -0.2) is 4.98 Å². The zero-order valence-electron chi connectivity index (χ0n) is 16.3. The van der Waals surface area contributed by atoms with Crippen LogP contribution in [0.25, 0.3) is 17.2 Å². The molecule has 0 saturated carbocycles. The molecule has 1 aromatic heterocycles. The quantitative estimate of drug-likeness (QED) is 0.808. The number of hydrogen-bond acceptors (Lipinski definition) is 6. The van der Waals surface area contributed by atoms with Gasteiger partial charge < -0.3 is 15.2 Å². The van der Waals surface area contributed by atoms with Crippen LogP contribution in [0.3, 0.4) is 0 Å². The summed E-state index contributed by atoms with van der Waals surface area (Å²) in [5, 5.41) is 19.1. The molecular formula is C23H18N4O2. The van der Waals surface area contributed by atoms with Crippen LogP contribution in [0.2, 0.25) is 0 Å². The van der Waals surface area contributed by atoms with Crippen molar-refractivity contribution in [3.05, 3.63) is 51.7 Å². The Kier molecular flexibility index (Phi) is 5.26. The first-order chi connectivity index (χ1) is 14.0. The fourth-order valence-electron chi connectivity index (χ4n) is 3.37. The summed E-state index contributed by atoms with van der Waals surface area (Å²) in [6, 6.07) is 9.77. The Labute approximate surface area is 169 Å². The van der Waals surface area contributed by atoms with Gasteiger partial charge in [0.15, 0.2) is 11.5 Å². The molecule has 1 heterocycles. The number of terminal acetylenes is 1. The minimum Gasteiger partial charge on any atom is -0.493 e. The molecule has 142 valence electrons. The number of aromatic nitrogens is 1. The van der Waals surface area contributed by atoms with Gasteiger partial charge in [-0.3, -0.25) is 0 Å². The van der Waals surface area contributed by atoms with E-state index in [1.165, 1.54) is 0 Å². The van der Waals surface area contributed by atoms with E-state index in [9.17, 15) is 10.5 Å². The van der Waals surface area contributed by atoms with Gasteiger partial charge >= 0.3 is 0 Å². The van der Waals surface area contributed by atoms with Crippen molar-refractivity contribution >= 4 is 23.0 Å². The lowest BCUT2D eigenvalue weighted by molar-refractivity contribution is 0.331. The molecule has 0 amide bonds. The van der Waals surface area contributed by atoms with Crippen LogP contribution in [0, 0.1) is 41.9 Å². The van der Waals surface area contributed by atoms with Crippen LogP contribution in [0.5, 0.6) is 11.5 Å². The van der Waals surface area contributed by atoms with E-state index in [4.69, 9.17) is 21.6 Å². The lowest BCUT2D eigenvalue weighted by Gasteiger charge is -2.12. The van der Waals surface area contributed by atoms with Crippen LogP contribution in [0.15, 0.2) is 23.8 Å². The number of rotatable bonds is 4. The first-order valence-electron chi connectivity index (χ1n) is 8.75. The number of pyridine rings is 1. The van der Waals surface area contributed by atoms with Crippen LogP contribution in [-0.4, -0.2) is 18.7 Å². The van der Waals surface area contributed by atoms with Crippen molar-refractivity contribution in [1.29, 1.82) is 10.5 Å². The number of nitrogens with two attached hydrogens (primary N) is 1. The van der Waals surface area contributed by atoms with Crippen LogP contribution in [0.1, 0.15) is 34.9 Å². The Balaban J connectivity index is 2.19. The van der Waals surface area contributed by atoms with Gasteiger partial charge in [0.1, 0.15) is 24.6 Å². The molecule has 0 saturated heterocycles. The van der Waals surface area contributed by atoms with E-state index in [0.29, 0.717) is 33.9 Å². The zero-order chi connectivity index (χ0) is 21.1. The molecule has 0 aliphatic heterocycles. The molecule has 29 heavy (non-hydrogen) atoms. The lowest BCUT2D eigenvalue weighted by atomic mass is 9.95. The van der Waals surface area contributed by atoms with Crippen molar-refractivity contribution < 1.29 is 9.47 Å². The Bertz CT molecular complexity index is 1200. The number of anilines is 1. The standard InChI is InChI=1S/C23H18N4O2/c1-5-8-29-19-7-6-15(10-20(19)28-4)9-16-13(2)17(11-24)22-21(16)14(3)18(12-25)23(26)27-22/h1,6-7,9-10H,8H2,2-4H3,(H2,26,27)/b16-9-. The number of methoxy groups -OCH3 is 1. The maximum Gasteiger partial charge on any atom is 0.162 e. The van der Waals surface area contributed by atoms with Gasteiger partial charge in [-0.1, -0.05) is 12.0 Å². The highest BCUT2D eigenvalue weighted by Crippen LogP contribution is 2.44. The summed E-state index contributed by atoms with van der Waals surface area (Å²) in [5.41, 5.74) is 11.1. The van der Waals surface area contributed by atoms with Crippen molar-refractivity contribution in [3.8, 4) is 36.0 Å². The van der Waals surface area contributed by atoms with Gasteiger partial charge in [0.25, 0.3) is 0 Å². The molecule has 0 radical (unpaired) electrons. The molecule has 1 aliphatic rings. The van der Waals surface area contributed by atoms with Gasteiger partial charge in [0, 0.05) is 5.56 Å². The predicted octanol–water partition coefficient (Wildman–Crippen LogP) is 3.72. The Morgan fingerprint density at radius 1 is 1.21 bits per heavy atom. The predicted molar refractivity (Wildman–Crippen MR) is 112 cm³/mol. The summed E-state index contributed by atoms with van der Waals surface area (Å²) in [5.74, 6) is 3.63. The maximum atomic E-state index is 9.64. The SMILES string of the molecule is C#CCOc1ccc(/C=C2/C(C)=C(C#N)c3nc(N)c(C#N)c(C)c32)cc1OC. The van der Waals surface area contributed by atoms with Crippen molar-refractivity contribution in [2.75, 3.05) is 19.5 Å². The molecule has 0 unspecified atom stereocenters. The number of hydrogen-bond donors (Lipinski definition) is 1. The second kappa shape index (κ2) is 7.80. The number of ether oxygens (including phenoxy) is 2. The molecule has 6 heteroatoms. The highest BCUT2D eigenvalue weighted by atomic mass is 16.5. The monoisotopic (exact) mass is 382 g/mol. The Morgan fingerprint density at radius 3 is 2.59 bits per heavy atom. The number of nitrogens with zero attached hydrogens (tertiary/aromatic N) is 3. The number of nitrogen functional groups attached to an aromatic ring is 1. The first-order valence-corrected chi connectivity index (χ1v) is 8.75. The minimum atomic E-state index is 0.127. The molecule has 1 aromatic carbocycles. The van der Waals surface area contributed by atoms with E-state index in [1.807, 2.05) is 32.1 Å². The molecule has 0 bridgehead atoms. The van der Waals surface area contributed by atoms with Crippen LogP contribution in [-0.2, 0) is 0 Å². The molecule has 1 aliphatic carbocycles. The molecule has 6 nitrogen and oxygen atoms in total. The smallest absolute Gasteiger partial charge is 0.162 e. The fourth-order valence-corrected chi connectivity index (χ4v) is 3.37. The molecule has 2 N–H and O–H groups in total. The number of fused-ring (bicyclic) bond motifs is 1. The van der Waals surface area contributed by atoms with Crippen molar-refractivity contribution in [2.24, 2.45) is 0 Å². The second-order valence-corrected chi connectivity index (χ2v) is 6.41. The molecule has 2 aromatic rings.